The van der Waals surface area contributed by atoms with Gasteiger partial charge in [-0.15, -0.1) is 0 Å². The Morgan fingerprint density at radius 2 is 2.08 bits per heavy atom. The van der Waals surface area contributed by atoms with Crippen LogP contribution in [0.5, 0.6) is 0 Å². The van der Waals surface area contributed by atoms with E-state index >= 15 is 0 Å². The van der Waals surface area contributed by atoms with E-state index in [1.807, 2.05) is 6.07 Å². The monoisotopic (exact) mass is 205 g/mol. The fourth-order valence-electron chi connectivity index (χ4n) is 0.917. The van der Waals surface area contributed by atoms with Crippen molar-refractivity contribution in [1.82, 2.24) is 5.06 Å². The van der Waals surface area contributed by atoms with Crippen LogP contribution in [0, 0.1) is 0 Å². The highest BCUT2D eigenvalue weighted by molar-refractivity contribution is 6.42. The summed E-state index contributed by atoms with van der Waals surface area (Å²) < 4.78 is 0. The van der Waals surface area contributed by atoms with Gasteiger partial charge in [0.15, 0.2) is 0 Å². The molecular formula is C8H9Cl2NO. The van der Waals surface area contributed by atoms with E-state index < -0.39 is 0 Å². The maximum absolute atomic E-state index is 8.95. The predicted octanol–water partition coefficient (Wildman–Crippen LogP) is 2.81. The number of hydrogen-bond donors (Lipinski definition) is 1. The highest BCUT2D eigenvalue weighted by atomic mass is 35.5. The van der Waals surface area contributed by atoms with E-state index in [1.165, 1.54) is 0 Å². The fourth-order valence-corrected chi connectivity index (χ4v) is 1.30. The van der Waals surface area contributed by atoms with E-state index in [-0.39, 0.29) is 0 Å². The molecule has 1 rings (SSSR count). The van der Waals surface area contributed by atoms with E-state index in [0.717, 1.165) is 10.6 Å². The van der Waals surface area contributed by atoms with Crippen LogP contribution in [0.25, 0.3) is 0 Å². The second kappa shape index (κ2) is 4.10. The third-order valence-corrected chi connectivity index (χ3v) is 2.29. The van der Waals surface area contributed by atoms with Gasteiger partial charge in [-0.05, 0) is 11.6 Å². The smallest absolute Gasteiger partial charge is 0.0638 e. The molecule has 0 aliphatic carbocycles. The molecule has 0 unspecified atom stereocenters. The van der Waals surface area contributed by atoms with Crippen molar-refractivity contribution in [1.29, 1.82) is 0 Å². The van der Waals surface area contributed by atoms with Crippen molar-refractivity contribution in [2.75, 3.05) is 7.05 Å². The van der Waals surface area contributed by atoms with Crippen molar-refractivity contribution in [3.05, 3.63) is 33.8 Å². The summed E-state index contributed by atoms with van der Waals surface area (Å²) in [4.78, 5) is 0. The van der Waals surface area contributed by atoms with Gasteiger partial charge in [-0.2, -0.15) is 5.06 Å². The van der Waals surface area contributed by atoms with Crippen molar-refractivity contribution in [3.63, 3.8) is 0 Å². The van der Waals surface area contributed by atoms with Crippen LogP contribution in [-0.2, 0) is 6.54 Å². The zero-order chi connectivity index (χ0) is 9.14. The van der Waals surface area contributed by atoms with E-state index in [4.69, 9.17) is 28.4 Å². The lowest BCUT2D eigenvalue weighted by atomic mass is 10.2. The molecule has 0 atom stereocenters. The summed E-state index contributed by atoms with van der Waals surface area (Å²) in [6, 6.07) is 5.33. The second-order valence-electron chi connectivity index (χ2n) is 2.53. The summed E-state index contributed by atoms with van der Waals surface area (Å²) >= 11 is 11.6. The first-order valence-corrected chi connectivity index (χ1v) is 4.19. The number of benzene rings is 1. The molecule has 66 valence electrons. The predicted molar refractivity (Wildman–Crippen MR) is 49.7 cm³/mol. The van der Waals surface area contributed by atoms with Crippen LogP contribution in [0.4, 0.5) is 0 Å². The molecule has 1 N–H and O–H groups in total. The third-order valence-electron chi connectivity index (χ3n) is 1.43. The maximum Gasteiger partial charge on any atom is 0.0638 e. The zero-order valence-corrected chi connectivity index (χ0v) is 8.10. The number of hydroxylamine groups is 2. The van der Waals surface area contributed by atoms with Gasteiger partial charge in [-0.3, -0.25) is 0 Å². The molecule has 2 nitrogen and oxygen atoms in total. The molecule has 0 bridgehead atoms. The molecule has 4 heteroatoms. The molecule has 1 aromatic rings. The van der Waals surface area contributed by atoms with E-state index in [9.17, 15) is 0 Å². The summed E-state index contributed by atoms with van der Waals surface area (Å²) in [7, 11) is 1.55. The van der Waals surface area contributed by atoms with E-state index in [0.29, 0.717) is 16.6 Å². The molecule has 0 aromatic heterocycles. The minimum Gasteiger partial charge on any atom is -0.314 e. The van der Waals surface area contributed by atoms with Crippen molar-refractivity contribution in [3.8, 4) is 0 Å². The van der Waals surface area contributed by atoms with Gasteiger partial charge in [0.2, 0.25) is 0 Å². The van der Waals surface area contributed by atoms with Gasteiger partial charge in [-0.25, -0.2) is 0 Å². The fraction of sp³-hybridized carbons (Fsp3) is 0.250. The van der Waals surface area contributed by atoms with Crippen LogP contribution in [0.15, 0.2) is 18.2 Å². The third kappa shape index (κ3) is 2.35. The molecule has 0 radical (unpaired) electrons. The van der Waals surface area contributed by atoms with Gasteiger partial charge < -0.3 is 5.21 Å². The largest absolute Gasteiger partial charge is 0.314 e. The molecule has 0 saturated heterocycles. The number of halogens is 2. The Morgan fingerprint density at radius 1 is 1.42 bits per heavy atom. The molecule has 0 heterocycles. The molecule has 0 spiro atoms. The Balaban J connectivity index is 2.92. The molecule has 0 fully saturated rings. The Kier molecular flexibility index (Phi) is 3.35. The lowest BCUT2D eigenvalue weighted by molar-refractivity contribution is -0.0731. The summed E-state index contributed by atoms with van der Waals surface area (Å²) in [5, 5.41) is 11.0. The SMILES string of the molecule is CN(O)Cc1cccc(Cl)c1Cl. The van der Waals surface area contributed by atoms with Crippen LogP contribution in [-0.4, -0.2) is 17.3 Å². The van der Waals surface area contributed by atoms with Gasteiger partial charge in [0.05, 0.1) is 16.6 Å². The van der Waals surface area contributed by atoms with Crippen LogP contribution >= 0.6 is 23.2 Å². The summed E-state index contributed by atoms with van der Waals surface area (Å²) in [5.41, 5.74) is 0.814. The molecular weight excluding hydrogens is 197 g/mol. The average Bonchev–Trinajstić information content (AvgIpc) is 1.98. The van der Waals surface area contributed by atoms with Crippen LogP contribution < -0.4 is 0 Å². The quantitative estimate of drug-likeness (QED) is 0.752. The van der Waals surface area contributed by atoms with Crippen molar-refractivity contribution in [2.45, 2.75) is 6.54 Å². The normalized spacial score (nSPS) is 10.8. The average molecular weight is 206 g/mol. The maximum atomic E-state index is 8.95. The topological polar surface area (TPSA) is 23.5 Å². The van der Waals surface area contributed by atoms with Gasteiger partial charge in [0, 0.05) is 7.05 Å². The Hall–Kier alpha value is -0.280. The molecule has 0 saturated carbocycles. The summed E-state index contributed by atoms with van der Waals surface area (Å²) in [6.45, 7) is 0.374. The first-order valence-electron chi connectivity index (χ1n) is 3.44. The van der Waals surface area contributed by atoms with Gasteiger partial charge >= 0.3 is 0 Å². The number of rotatable bonds is 2. The lowest BCUT2D eigenvalue weighted by Gasteiger charge is -2.09. The number of hydrogen-bond acceptors (Lipinski definition) is 2. The van der Waals surface area contributed by atoms with Crippen LogP contribution in [0.3, 0.4) is 0 Å². The summed E-state index contributed by atoms with van der Waals surface area (Å²) in [6.07, 6.45) is 0. The number of nitrogens with zero attached hydrogens (tertiary/aromatic N) is 1. The summed E-state index contributed by atoms with van der Waals surface area (Å²) in [5.74, 6) is 0. The van der Waals surface area contributed by atoms with Crippen molar-refractivity contribution in [2.24, 2.45) is 0 Å². The minimum atomic E-state index is 0.374. The Bertz CT molecular complexity index is 276. The Morgan fingerprint density at radius 3 is 2.67 bits per heavy atom. The molecule has 12 heavy (non-hydrogen) atoms. The van der Waals surface area contributed by atoms with E-state index in [2.05, 4.69) is 0 Å². The first kappa shape index (κ1) is 9.81. The van der Waals surface area contributed by atoms with Gasteiger partial charge in [-0.1, -0.05) is 35.3 Å². The Labute approximate surface area is 81.3 Å². The molecule has 1 aromatic carbocycles. The van der Waals surface area contributed by atoms with Crippen molar-refractivity contribution >= 4 is 23.2 Å². The molecule has 0 amide bonds. The first-order chi connectivity index (χ1) is 5.61. The lowest BCUT2D eigenvalue weighted by Crippen LogP contribution is -2.11. The molecule has 0 aliphatic heterocycles. The zero-order valence-electron chi connectivity index (χ0n) is 6.59. The standard InChI is InChI=1S/C8H9Cl2NO/c1-11(12)5-6-3-2-4-7(9)8(6)10/h2-4,12H,5H2,1H3. The van der Waals surface area contributed by atoms with Gasteiger partial charge in [0.1, 0.15) is 0 Å². The minimum absolute atomic E-state index is 0.374. The van der Waals surface area contributed by atoms with Crippen LogP contribution in [0.2, 0.25) is 10.0 Å². The molecule has 0 aliphatic rings. The van der Waals surface area contributed by atoms with E-state index in [1.54, 1.807) is 19.2 Å². The van der Waals surface area contributed by atoms with Crippen LogP contribution in [0.1, 0.15) is 5.56 Å². The van der Waals surface area contributed by atoms with Gasteiger partial charge in [0.25, 0.3) is 0 Å². The highest BCUT2D eigenvalue weighted by Crippen LogP contribution is 2.25. The highest BCUT2D eigenvalue weighted by Gasteiger charge is 2.04. The second-order valence-corrected chi connectivity index (χ2v) is 3.31. The van der Waals surface area contributed by atoms with Crippen molar-refractivity contribution < 1.29 is 5.21 Å².